The van der Waals surface area contributed by atoms with Gasteiger partial charge in [0.15, 0.2) is 5.76 Å². The van der Waals surface area contributed by atoms with Crippen LogP contribution in [-0.2, 0) is 0 Å². The van der Waals surface area contributed by atoms with Gasteiger partial charge in [-0.05, 0) is 56.2 Å². The number of carbonyl (C=O) groups is 1. The van der Waals surface area contributed by atoms with Crippen LogP contribution >= 0.6 is 0 Å². The van der Waals surface area contributed by atoms with Gasteiger partial charge in [0.05, 0.1) is 6.26 Å². The van der Waals surface area contributed by atoms with Crippen LogP contribution in [0.1, 0.15) is 55.1 Å². The molecular formula is C21H24N4O3. The third-order valence-corrected chi connectivity index (χ3v) is 5.00. The summed E-state index contributed by atoms with van der Waals surface area (Å²) in [6.45, 7) is 4.01. The molecule has 3 heterocycles. The Bertz CT molecular complexity index is 894. The number of hydrogen-bond donors (Lipinski definition) is 1. The van der Waals surface area contributed by atoms with Gasteiger partial charge >= 0.3 is 0 Å². The van der Waals surface area contributed by atoms with Crippen LogP contribution in [-0.4, -0.2) is 29.1 Å². The second-order valence-electron chi connectivity index (χ2n) is 7.08. The zero-order valence-electron chi connectivity index (χ0n) is 15.9. The Labute approximate surface area is 163 Å². The molecule has 0 saturated carbocycles. The first-order chi connectivity index (χ1) is 13.7. The number of nitrogens with one attached hydrogen (secondary N) is 1. The highest BCUT2D eigenvalue weighted by Gasteiger charge is 2.19. The van der Waals surface area contributed by atoms with Crippen molar-refractivity contribution in [3.63, 3.8) is 0 Å². The van der Waals surface area contributed by atoms with Crippen molar-refractivity contribution in [3.05, 3.63) is 54.3 Å². The molecule has 1 aliphatic heterocycles. The monoisotopic (exact) mass is 380 g/mol. The topological polar surface area (TPSA) is 84.4 Å². The lowest BCUT2D eigenvalue weighted by atomic mass is 10.2. The molecule has 0 radical (unpaired) electrons. The molecule has 2 aromatic heterocycles. The molecular weight excluding hydrogens is 356 g/mol. The Hall–Kier alpha value is -3.09. The summed E-state index contributed by atoms with van der Waals surface area (Å²) < 4.78 is 10.4. The number of amides is 1. The molecule has 0 bridgehead atoms. The van der Waals surface area contributed by atoms with Gasteiger partial charge in [0.1, 0.15) is 6.04 Å². The van der Waals surface area contributed by atoms with Crippen LogP contribution in [0.15, 0.2) is 51.6 Å². The fraction of sp³-hybridized carbons (Fsp3) is 0.381. The number of furan rings is 1. The maximum Gasteiger partial charge on any atom is 0.287 e. The molecule has 28 heavy (non-hydrogen) atoms. The molecule has 0 unspecified atom stereocenters. The average Bonchev–Trinajstić information content (AvgIpc) is 3.36. The van der Waals surface area contributed by atoms with Crippen LogP contribution in [0.3, 0.4) is 0 Å². The van der Waals surface area contributed by atoms with Crippen molar-refractivity contribution in [1.29, 1.82) is 0 Å². The van der Waals surface area contributed by atoms with Gasteiger partial charge in [0.2, 0.25) is 11.7 Å². The summed E-state index contributed by atoms with van der Waals surface area (Å²) in [6, 6.07) is 11.1. The maximum absolute atomic E-state index is 12.1. The largest absolute Gasteiger partial charge is 0.459 e. The fourth-order valence-electron chi connectivity index (χ4n) is 3.42. The predicted molar refractivity (Wildman–Crippen MR) is 105 cm³/mol. The number of rotatable bonds is 5. The summed E-state index contributed by atoms with van der Waals surface area (Å²) in [4.78, 5) is 18.9. The molecule has 7 nitrogen and oxygen atoms in total. The van der Waals surface area contributed by atoms with E-state index < -0.39 is 6.04 Å². The minimum Gasteiger partial charge on any atom is -0.459 e. The third kappa shape index (κ3) is 4.08. The summed E-state index contributed by atoms with van der Waals surface area (Å²) >= 11 is 0. The second kappa shape index (κ2) is 8.29. The van der Waals surface area contributed by atoms with E-state index in [-0.39, 0.29) is 11.7 Å². The lowest BCUT2D eigenvalue weighted by Crippen LogP contribution is -2.26. The SMILES string of the molecule is C[C@@H](NC(=O)c1ccco1)c1nc(-c2ccc(N3CCCCCC3)cc2)no1. The number of aromatic nitrogens is 2. The molecule has 1 fully saturated rings. The van der Waals surface area contributed by atoms with Crippen molar-refractivity contribution in [2.75, 3.05) is 18.0 Å². The molecule has 0 spiro atoms. The van der Waals surface area contributed by atoms with Crippen molar-refractivity contribution < 1.29 is 13.7 Å². The summed E-state index contributed by atoms with van der Waals surface area (Å²) in [5.74, 6) is 0.790. The quantitative estimate of drug-likeness (QED) is 0.714. The van der Waals surface area contributed by atoms with Crippen molar-refractivity contribution >= 4 is 11.6 Å². The van der Waals surface area contributed by atoms with Crippen LogP contribution < -0.4 is 10.2 Å². The number of nitrogens with zero attached hydrogens (tertiary/aromatic N) is 3. The Kier molecular flexibility index (Phi) is 5.41. The van der Waals surface area contributed by atoms with E-state index in [1.807, 2.05) is 12.1 Å². The highest BCUT2D eigenvalue weighted by atomic mass is 16.5. The number of anilines is 1. The zero-order chi connectivity index (χ0) is 19.3. The molecule has 1 saturated heterocycles. The van der Waals surface area contributed by atoms with Gasteiger partial charge in [-0.3, -0.25) is 4.79 Å². The summed E-state index contributed by atoms with van der Waals surface area (Å²) in [5, 5.41) is 6.85. The van der Waals surface area contributed by atoms with Gasteiger partial charge < -0.3 is 19.2 Å². The standard InChI is InChI=1S/C21H24N4O3/c1-15(22-20(26)18-7-6-14-27-18)21-23-19(24-28-21)16-8-10-17(11-9-16)25-12-4-2-3-5-13-25/h6-11,14-15H,2-5,12-13H2,1H3,(H,22,26)/t15-/m1/s1. The minimum absolute atomic E-state index is 0.246. The molecule has 1 amide bonds. The summed E-state index contributed by atoms with van der Waals surface area (Å²) in [6.07, 6.45) is 6.58. The summed E-state index contributed by atoms with van der Waals surface area (Å²) in [5.41, 5.74) is 2.12. The van der Waals surface area contributed by atoms with E-state index in [4.69, 9.17) is 8.94 Å². The molecule has 146 valence electrons. The van der Waals surface area contributed by atoms with Crippen molar-refractivity contribution in [1.82, 2.24) is 15.5 Å². The van der Waals surface area contributed by atoms with Crippen LogP contribution in [0, 0.1) is 0 Å². The highest BCUT2D eigenvalue weighted by Crippen LogP contribution is 2.24. The maximum atomic E-state index is 12.1. The normalized spacial score (nSPS) is 15.8. The molecule has 1 N–H and O–H groups in total. The highest BCUT2D eigenvalue weighted by molar-refractivity contribution is 5.91. The van der Waals surface area contributed by atoms with E-state index in [9.17, 15) is 4.79 Å². The molecule has 1 aliphatic rings. The van der Waals surface area contributed by atoms with Crippen molar-refractivity contribution in [3.8, 4) is 11.4 Å². The average molecular weight is 380 g/mol. The van der Waals surface area contributed by atoms with Crippen LogP contribution in [0.25, 0.3) is 11.4 Å². The minimum atomic E-state index is -0.421. The molecule has 1 atom stereocenters. The van der Waals surface area contributed by atoms with Crippen molar-refractivity contribution in [2.24, 2.45) is 0 Å². The Morgan fingerprint density at radius 3 is 2.54 bits per heavy atom. The van der Waals surface area contributed by atoms with E-state index in [2.05, 4.69) is 32.5 Å². The number of carbonyl (C=O) groups excluding carboxylic acids is 1. The molecule has 1 aromatic carbocycles. The Balaban J connectivity index is 1.42. The summed E-state index contributed by atoms with van der Waals surface area (Å²) in [7, 11) is 0. The smallest absolute Gasteiger partial charge is 0.287 e. The lowest BCUT2D eigenvalue weighted by Gasteiger charge is -2.22. The third-order valence-electron chi connectivity index (χ3n) is 5.00. The zero-order valence-corrected chi connectivity index (χ0v) is 15.9. The molecule has 3 aromatic rings. The Morgan fingerprint density at radius 1 is 1.11 bits per heavy atom. The molecule has 7 heteroatoms. The first-order valence-corrected chi connectivity index (χ1v) is 9.74. The second-order valence-corrected chi connectivity index (χ2v) is 7.08. The van der Waals surface area contributed by atoms with Gasteiger partial charge in [0.25, 0.3) is 5.91 Å². The van der Waals surface area contributed by atoms with Crippen LogP contribution in [0.5, 0.6) is 0 Å². The molecule has 0 aliphatic carbocycles. The van der Waals surface area contributed by atoms with E-state index in [0.717, 1.165) is 18.7 Å². The van der Waals surface area contributed by atoms with Crippen molar-refractivity contribution in [2.45, 2.75) is 38.6 Å². The van der Waals surface area contributed by atoms with Crippen LogP contribution in [0.2, 0.25) is 0 Å². The van der Waals surface area contributed by atoms with Crippen LogP contribution in [0.4, 0.5) is 5.69 Å². The van der Waals surface area contributed by atoms with E-state index >= 15 is 0 Å². The van der Waals surface area contributed by atoms with Gasteiger partial charge in [0, 0.05) is 24.3 Å². The lowest BCUT2D eigenvalue weighted by molar-refractivity contribution is 0.0904. The van der Waals surface area contributed by atoms with Gasteiger partial charge in [-0.1, -0.05) is 18.0 Å². The fourth-order valence-corrected chi connectivity index (χ4v) is 3.42. The first-order valence-electron chi connectivity index (χ1n) is 9.74. The molecule has 4 rings (SSSR count). The van der Waals surface area contributed by atoms with Gasteiger partial charge in [-0.15, -0.1) is 0 Å². The van der Waals surface area contributed by atoms with E-state index in [1.165, 1.54) is 37.6 Å². The van der Waals surface area contributed by atoms with Gasteiger partial charge in [-0.25, -0.2) is 0 Å². The van der Waals surface area contributed by atoms with E-state index in [1.54, 1.807) is 19.1 Å². The number of benzene rings is 1. The van der Waals surface area contributed by atoms with Gasteiger partial charge in [-0.2, -0.15) is 4.98 Å². The van der Waals surface area contributed by atoms with E-state index in [0.29, 0.717) is 11.7 Å². The number of hydrogen-bond acceptors (Lipinski definition) is 6. The predicted octanol–water partition coefficient (Wildman–Crippen LogP) is 4.20. The first kappa shape index (κ1) is 18.3. The Morgan fingerprint density at radius 2 is 1.86 bits per heavy atom.